The Morgan fingerprint density at radius 1 is 1.06 bits per heavy atom. The number of amides is 1. The number of aromatic nitrogens is 3. The van der Waals surface area contributed by atoms with Crippen LogP contribution in [0, 0.1) is 0 Å². The highest BCUT2D eigenvalue weighted by molar-refractivity contribution is 5.99. The Bertz CT molecular complexity index is 1040. The fourth-order valence-corrected chi connectivity index (χ4v) is 3.43. The number of rotatable bonds is 7. The molecule has 4 rings (SSSR count). The van der Waals surface area contributed by atoms with E-state index in [0.29, 0.717) is 35.2 Å². The summed E-state index contributed by atoms with van der Waals surface area (Å²) in [6.45, 7) is 6.00. The average molecular weight is 422 g/mol. The number of pyridine rings is 2. The first-order valence-electron chi connectivity index (χ1n) is 10.2. The molecular weight excluding hydrogens is 396 g/mol. The fourth-order valence-electron chi connectivity index (χ4n) is 3.43. The third-order valence-corrected chi connectivity index (χ3v) is 5.28. The second-order valence-electron chi connectivity index (χ2n) is 7.44. The van der Waals surface area contributed by atoms with Gasteiger partial charge in [-0.15, -0.1) is 0 Å². The van der Waals surface area contributed by atoms with Crippen molar-refractivity contribution in [2.45, 2.75) is 13.3 Å². The zero-order chi connectivity index (χ0) is 21.8. The fraction of sp³-hybridized carbons (Fsp3) is 0.333. The number of hydrogen-bond acceptors (Lipinski definition) is 9. The molecule has 1 aliphatic rings. The van der Waals surface area contributed by atoms with Crippen molar-refractivity contribution in [2.24, 2.45) is 5.73 Å². The van der Waals surface area contributed by atoms with Crippen molar-refractivity contribution in [1.82, 2.24) is 20.0 Å². The zero-order valence-corrected chi connectivity index (χ0v) is 17.6. The van der Waals surface area contributed by atoms with Crippen molar-refractivity contribution in [3.63, 3.8) is 0 Å². The molecule has 0 bridgehead atoms. The van der Waals surface area contributed by atoms with E-state index in [-0.39, 0.29) is 5.56 Å². The number of carbonyl (C=O) groups excluding carboxylic acids is 1. The van der Waals surface area contributed by atoms with Gasteiger partial charge in [0.1, 0.15) is 17.3 Å². The SMILES string of the molecule is CCc1oncc1Nc1cc(Nc2ccc(N3CCN(C)CC3)cn2)ncc1C(N)=O. The summed E-state index contributed by atoms with van der Waals surface area (Å²) in [7, 11) is 2.13. The van der Waals surface area contributed by atoms with Crippen molar-refractivity contribution < 1.29 is 9.32 Å². The van der Waals surface area contributed by atoms with Crippen LogP contribution in [0.1, 0.15) is 23.0 Å². The van der Waals surface area contributed by atoms with Gasteiger partial charge in [-0.05, 0) is 19.2 Å². The van der Waals surface area contributed by atoms with E-state index in [1.54, 1.807) is 12.3 Å². The van der Waals surface area contributed by atoms with E-state index in [9.17, 15) is 4.79 Å². The number of nitrogens with one attached hydrogen (secondary N) is 2. The molecule has 0 unspecified atom stereocenters. The summed E-state index contributed by atoms with van der Waals surface area (Å²) in [5.74, 6) is 1.29. The molecule has 0 spiro atoms. The first-order chi connectivity index (χ1) is 15.0. The summed E-state index contributed by atoms with van der Waals surface area (Å²) in [5.41, 5.74) is 8.07. The zero-order valence-electron chi connectivity index (χ0n) is 17.6. The van der Waals surface area contributed by atoms with E-state index >= 15 is 0 Å². The molecule has 0 aliphatic carbocycles. The third-order valence-electron chi connectivity index (χ3n) is 5.28. The molecule has 0 saturated carbocycles. The molecule has 4 N–H and O–H groups in total. The maximum absolute atomic E-state index is 11.8. The van der Waals surface area contributed by atoms with Crippen molar-refractivity contribution in [1.29, 1.82) is 0 Å². The Kier molecular flexibility index (Phi) is 5.99. The number of hydrogen-bond donors (Lipinski definition) is 3. The monoisotopic (exact) mass is 422 g/mol. The Labute approximate surface area is 180 Å². The minimum atomic E-state index is -0.578. The lowest BCUT2D eigenvalue weighted by atomic mass is 10.2. The molecule has 3 aromatic heterocycles. The molecule has 0 aromatic carbocycles. The first-order valence-corrected chi connectivity index (χ1v) is 10.2. The largest absolute Gasteiger partial charge is 0.368 e. The van der Waals surface area contributed by atoms with Gasteiger partial charge in [0.2, 0.25) is 0 Å². The highest BCUT2D eigenvalue weighted by atomic mass is 16.5. The lowest BCUT2D eigenvalue weighted by Gasteiger charge is -2.33. The number of piperazine rings is 1. The van der Waals surface area contributed by atoms with Crippen molar-refractivity contribution in [3.8, 4) is 0 Å². The predicted molar refractivity (Wildman–Crippen MR) is 119 cm³/mol. The van der Waals surface area contributed by atoms with Gasteiger partial charge in [0.05, 0.1) is 29.3 Å². The first kappa shape index (κ1) is 20.6. The van der Waals surface area contributed by atoms with Gasteiger partial charge < -0.3 is 30.7 Å². The Balaban J connectivity index is 1.51. The van der Waals surface area contributed by atoms with E-state index in [1.807, 2.05) is 25.3 Å². The minimum Gasteiger partial charge on any atom is -0.368 e. The molecule has 0 atom stereocenters. The number of nitrogens with zero attached hydrogens (tertiary/aromatic N) is 5. The summed E-state index contributed by atoms with van der Waals surface area (Å²) in [4.78, 5) is 25.3. The normalized spacial score (nSPS) is 14.5. The topological polar surface area (TPSA) is 125 Å². The summed E-state index contributed by atoms with van der Waals surface area (Å²) < 4.78 is 5.20. The van der Waals surface area contributed by atoms with Crippen LogP contribution in [-0.4, -0.2) is 59.2 Å². The van der Waals surface area contributed by atoms with Crippen LogP contribution < -0.4 is 21.3 Å². The van der Waals surface area contributed by atoms with E-state index in [2.05, 4.69) is 42.6 Å². The molecule has 4 heterocycles. The molecule has 1 amide bonds. The van der Waals surface area contributed by atoms with E-state index in [0.717, 1.165) is 31.9 Å². The predicted octanol–water partition coefficient (Wildman–Crippen LogP) is 2.36. The molecule has 162 valence electrons. The average Bonchev–Trinajstić information content (AvgIpc) is 3.22. The quantitative estimate of drug-likeness (QED) is 0.526. The molecule has 31 heavy (non-hydrogen) atoms. The van der Waals surface area contributed by atoms with Crippen LogP contribution in [-0.2, 0) is 6.42 Å². The van der Waals surface area contributed by atoms with Gasteiger partial charge in [0.15, 0.2) is 5.76 Å². The minimum absolute atomic E-state index is 0.271. The van der Waals surface area contributed by atoms with Crippen LogP contribution in [0.2, 0.25) is 0 Å². The van der Waals surface area contributed by atoms with Gasteiger partial charge in [0, 0.05) is 44.9 Å². The van der Waals surface area contributed by atoms with E-state index in [4.69, 9.17) is 10.3 Å². The second kappa shape index (κ2) is 9.00. The van der Waals surface area contributed by atoms with Gasteiger partial charge in [-0.2, -0.15) is 0 Å². The Morgan fingerprint density at radius 3 is 2.52 bits per heavy atom. The number of anilines is 5. The van der Waals surface area contributed by atoms with Crippen LogP contribution in [0.4, 0.5) is 28.7 Å². The highest BCUT2D eigenvalue weighted by Crippen LogP contribution is 2.27. The van der Waals surface area contributed by atoms with Crippen LogP contribution in [0.3, 0.4) is 0 Å². The van der Waals surface area contributed by atoms with Crippen molar-refractivity contribution in [3.05, 3.63) is 48.1 Å². The van der Waals surface area contributed by atoms with Crippen LogP contribution in [0.15, 0.2) is 41.3 Å². The Hall–Kier alpha value is -3.66. The van der Waals surface area contributed by atoms with Crippen LogP contribution in [0.5, 0.6) is 0 Å². The molecule has 10 heteroatoms. The molecular formula is C21H26N8O2. The number of likely N-dealkylation sites (N-methyl/N-ethyl adjacent to an activating group) is 1. The summed E-state index contributed by atoms with van der Waals surface area (Å²) in [6.07, 6.45) is 5.52. The van der Waals surface area contributed by atoms with Gasteiger partial charge in [-0.25, -0.2) is 9.97 Å². The van der Waals surface area contributed by atoms with Crippen LogP contribution in [0.25, 0.3) is 0 Å². The summed E-state index contributed by atoms with van der Waals surface area (Å²) in [5, 5.41) is 10.1. The number of aryl methyl sites for hydroxylation is 1. The lowest BCUT2D eigenvalue weighted by molar-refractivity contribution is 0.100. The van der Waals surface area contributed by atoms with E-state index < -0.39 is 5.91 Å². The third kappa shape index (κ3) is 4.75. The smallest absolute Gasteiger partial charge is 0.252 e. The maximum Gasteiger partial charge on any atom is 0.252 e. The second-order valence-corrected chi connectivity index (χ2v) is 7.44. The van der Waals surface area contributed by atoms with Crippen LogP contribution >= 0.6 is 0 Å². The number of nitrogens with two attached hydrogens (primary N) is 1. The molecule has 0 radical (unpaired) electrons. The van der Waals surface area contributed by atoms with E-state index in [1.165, 1.54) is 6.20 Å². The number of primary amides is 1. The Morgan fingerprint density at radius 2 is 1.84 bits per heavy atom. The lowest BCUT2D eigenvalue weighted by Crippen LogP contribution is -2.44. The standard InChI is InChI=1S/C21H26N8O2/c1-3-18-17(13-25-31-18)26-16-10-20(24-12-15(16)21(22)30)27-19-5-4-14(11-23-19)29-8-6-28(2)7-9-29/h4-5,10-13H,3,6-9H2,1-2H3,(H2,22,30)(H2,23,24,26,27). The van der Waals surface area contributed by atoms with Crippen molar-refractivity contribution >= 4 is 34.6 Å². The van der Waals surface area contributed by atoms with Gasteiger partial charge in [0.25, 0.3) is 5.91 Å². The van der Waals surface area contributed by atoms with Gasteiger partial charge >= 0.3 is 0 Å². The summed E-state index contributed by atoms with van der Waals surface area (Å²) in [6, 6.07) is 5.67. The molecule has 10 nitrogen and oxygen atoms in total. The molecule has 1 fully saturated rings. The van der Waals surface area contributed by atoms with Crippen molar-refractivity contribution in [2.75, 3.05) is 48.8 Å². The molecule has 1 aliphatic heterocycles. The highest BCUT2D eigenvalue weighted by Gasteiger charge is 2.16. The molecule has 3 aromatic rings. The van der Waals surface area contributed by atoms with Gasteiger partial charge in [-0.3, -0.25) is 4.79 Å². The summed E-state index contributed by atoms with van der Waals surface area (Å²) >= 11 is 0. The molecule has 1 saturated heterocycles. The number of carbonyl (C=O) groups is 1. The van der Waals surface area contributed by atoms with Gasteiger partial charge in [-0.1, -0.05) is 12.1 Å². The maximum atomic E-state index is 11.8.